The van der Waals surface area contributed by atoms with Gasteiger partial charge in [-0.25, -0.2) is 0 Å². The maximum Gasteiger partial charge on any atom is 0.254 e. The van der Waals surface area contributed by atoms with Crippen molar-refractivity contribution in [3.8, 4) is 0 Å². The summed E-state index contributed by atoms with van der Waals surface area (Å²) in [7, 11) is 0. The summed E-state index contributed by atoms with van der Waals surface area (Å²) in [5.74, 6) is -0.0790. The van der Waals surface area contributed by atoms with E-state index in [-0.39, 0.29) is 23.3 Å². The van der Waals surface area contributed by atoms with Gasteiger partial charge < -0.3 is 10.2 Å². The highest BCUT2D eigenvalue weighted by atomic mass is 16.2. The monoisotopic (exact) mass is 354 g/mol. The van der Waals surface area contributed by atoms with Crippen molar-refractivity contribution in [1.82, 2.24) is 20.0 Å². The number of hydrogen-bond acceptors (Lipinski definition) is 3. The Kier molecular flexibility index (Phi) is 5.11. The van der Waals surface area contributed by atoms with Gasteiger partial charge in [0.05, 0.1) is 24.3 Å². The summed E-state index contributed by atoms with van der Waals surface area (Å²) >= 11 is 0. The Morgan fingerprint density at radius 3 is 2.69 bits per heavy atom. The normalized spacial score (nSPS) is 17.6. The van der Waals surface area contributed by atoms with Gasteiger partial charge in [0.25, 0.3) is 5.91 Å². The molecule has 0 spiro atoms. The van der Waals surface area contributed by atoms with Crippen LogP contribution in [0.3, 0.4) is 0 Å². The number of hydrogen-bond donors (Lipinski definition) is 1. The molecule has 1 aliphatic heterocycles. The minimum absolute atomic E-state index is 0.0487. The molecule has 1 aliphatic rings. The Morgan fingerprint density at radius 1 is 1.27 bits per heavy atom. The van der Waals surface area contributed by atoms with Crippen molar-refractivity contribution in [2.45, 2.75) is 39.8 Å². The third-order valence-electron chi connectivity index (χ3n) is 4.30. The highest BCUT2D eigenvalue weighted by molar-refractivity contribution is 5.94. The maximum atomic E-state index is 12.5. The summed E-state index contributed by atoms with van der Waals surface area (Å²) in [6, 6.07) is 9.83. The Bertz CT molecular complexity index is 777. The van der Waals surface area contributed by atoms with Gasteiger partial charge in [-0.2, -0.15) is 5.10 Å². The lowest BCUT2D eigenvalue weighted by atomic mass is 9.96. The SMILES string of the molecule is CC(C)(C)CN1C[C@@H](NC(=O)c2cnn(Cc3ccccc3)c2)CC1=O. The first-order valence-electron chi connectivity index (χ1n) is 8.95. The van der Waals surface area contributed by atoms with E-state index < -0.39 is 0 Å². The summed E-state index contributed by atoms with van der Waals surface area (Å²) in [6.45, 7) is 8.20. The van der Waals surface area contributed by atoms with Gasteiger partial charge in [0.2, 0.25) is 5.91 Å². The molecule has 1 atom stereocenters. The topological polar surface area (TPSA) is 67.2 Å². The summed E-state index contributed by atoms with van der Waals surface area (Å²) in [6.07, 6.45) is 3.67. The van der Waals surface area contributed by atoms with Crippen LogP contribution in [0, 0.1) is 5.41 Å². The number of nitrogens with one attached hydrogen (secondary N) is 1. The molecule has 6 heteroatoms. The number of nitrogens with zero attached hydrogens (tertiary/aromatic N) is 3. The third kappa shape index (κ3) is 4.71. The lowest BCUT2D eigenvalue weighted by molar-refractivity contribution is -0.128. The summed E-state index contributed by atoms with van der Waals surface area (Å²) in [5.41, 5.74) is 1.69. The zero-order valence-electron chi connectivity index (χ0n) is 15.6. The number of aromatic nitrogens is 2. The van der Waals surface area contributed by atoms with Gasteiger partial charge in [-0.3, -0.25) is 14.3 Å². The summed E-state index contributed by atoms with van der Waals surface area (Å²) in [4.78, 5) is 26.5. The zero-order chi connectivity index (χ0) is 18.7. The van der Waals surface area contributed by atoms with Crippen LogP contribution in [-0.2, 0) is 11.3 Å². The molecule has 6 nitrogen and oxygen atoms in total. The van der Waals surface area contributed by atoms with Crippen LogP contribution >= 0.6 is 0 Å². The minimum Gasteiger partial charge on any atom is -0.347 e. The second-order valence-electron chi connectivity index (χ2n) is 8.12. The maximum absolute atomic E-state index is 12.5. The quantitative estimate of drug-likeness (QED) is 0.896. The van der Waals surface area contributed by atoms with Crippen LogP contribution in [0.5, 0.6) is 0 Å². The van der Waals surface area contributed by atoms with Gasteiger partial charge in [0, 0.05) is 25.7 Å². The average Bonchev–Trinajstić information content (AvgIpc) is 3.14. The van der Waals surface area contributed by atoms with E-state index in [1.165, 1.54) is 0 Å². The van der Waals surface area contributed by atoms with Crippen LogP contribution in [0.25, 0.3) is 0 Å². The Hall–Kier alpha value is -2.63. The largest absolute Gasteiger partial charge is 0.347 e. The molecular formula is C20H26N4O2. The fourth-order valence-electron chi connectivity index (χ4n) is 3.20. The van der Waals surface area contributed by atoms with Crippen LogP contribution < -0.4 is 5.32 Å². The molecule has 0 bridgehead atoms. The fourth-order valence-corrected chi connectivity index (χ4v) is 3.20. The highest BCUT2D eigenvalue weighted by Crippen LogP contribution is 2.20. The van der Waals surface area contributed by atoms with Gasteiger partial charge in [0.1, 0.15) is 0 Å². The molecule has 2 aromatic rings. The number of rotatable bonds is 5. The smallest absolute Gasteiger partial charge is 0.254 e. The Labute approximate surface area is 154 Å². The van der Waals surface area contributed by atoms with E-state index in [9.17, 15) is 9.59 Å². The van der Waals surface area contributed by atoms with Crippen molar-refractivity contribution in [2.75, 3.05) is 13.1 Å². The molecule has 2 heterocycles. The van der Waals surface area contributed by atoms with Crippen LogP contribution in [-0.4, -0.2) is 45.6 Å². The van der Waals surface area contributed by atoms with Crippen LogP contribution in [0.1, 0.15) is 43.1 Å². The molecule has 0 radical (unpaired) electrons. The van der Waals surface area contributed by atoms with Crippen LogP contribution in [0.15, 0.2) is 42.7 Å². The standard InChI is InChI=1S/C20H26N4O2/c1-20(2,3)14-23-13-17(9-18(23)25)22-19(26)16-10-21-24(12-16)11-15-7-5-4-6-8-15/h4-8,10,12,17H,9,11,13-14H2,1-3H3,(H,22,26)/t17-/m0/s1. The average molecular weight is 354 g/mol. The molecule has 1 aromatic carbocycles. The van der Waals surface area contributed by atoms with Gasteiger partial charge in [0.15, 0.2) is 0 Å². The van der Waals surface area contributed by atoms with E-state index in [1.54, 1.807) is 17.1 Å². The van der Waals surface area contributed by atoms with Crippen molar-refractivity contribution < 1.29 is 9.59 Å². The number of carbonyl (C=O) groups is 2. The predicted molar refractivity (Wildman–Crippen MR) is 99.7 cm³/mol. The Morgan fingerprint density at radius 2 is 2.00 bits per heavy atom. The van der Waals surface area contributed by atoms with Crippen LogP contribution in [0.4, 0.5) is 0 Å². The van der Waals surface area contributed by atoms with Gasteiger partial charge >= 0.3 is 0 Å². The summed E-state index contributed by atoms with van der Waals surface area (Å²) < 4.78 is 1.75. The fraction of sp³-hybridized carbons (Fsp3) is 0.450. The van der Waals surface area contributed by atoms with Gasteiger partial charge in [-0.05, 0) is 11.0 Å². The zero-order valence-corrected chi connectivity index (χ0v) is 15.6. The first-order chi connectivity index (χ1) is 12.3. The highest BCUT2D eigenvalue weighted by Gasteiger charge is 2.33. The third-order valence-corrected chi connectivity index (χ3v) is 4.30. The van der Waals surface area contributed by atoms with E-state index in [4.69, 9.17) is 0 Å². The van der Waals surface area contributed by atoms with Crippen molar-refractivity contribution >= 4 is 11.8 Å². The molecule has 0 saturated carbocycles. The van der Waals surface area contributed by atoms with E-state index in [0.717, 1.165) is 5.56 Å². The van der Waals surface area contributed by atoms with Crippen molar-refractivity contribution in [3.63, 3.8) is 0 Å². The number of likely N-dealkylation sites (tertiary alicyclic amines) is 1. The summed E-state index contributed by atoms with van der Waals surface area (Å²) in [5, 5.41) is 7.23. The van der Waals surface area contributed by atoms with Crippen molar-refractivity contribution in [2.24, 2.45) is 5.41 Å². The second-order valence-corrected chi connectivity index (χ2v) is 8.12. The first kappa shape index (κ1) is 18.2. The molecule has 138 valence electrons. The number of amides is 2. The van der Waals surface area contributed by atoms with Gasteiger partial charge in [-0.15, -0.1) is 0 Å². The molecule has 2 amide bonds. The molecule has 26 heavy (non-hydrogen) atoms. The first-order valence-corrected chi connectivity index (χ1v) is 8.95. The van der Waals surface area contributed by atoms with Gasteiger partial charge in [-0.1, -0.05) is 51.1 Å². The molecule has 0 unspecified atom stereocenters. The van der Waals surface area contributed by atoms with Crippen molar-refractivity contribution in [1.29, 1.82) is 0 Å². The molecule has 3 rings (SSSR count). The molecule has 1 saturated heterocycles. The van der Waals surface area contributed by atoms with Crippen LogP contribution in [0.2, 0.25) is 0 Å². The minimum atomic E-state index is -0.181. The lowest BCUT2D eigenvalue weighted by Crippen LogP contribution is -2.39. The molecule has 0 aliphatic carbocycles. The molecule has 1 N–H and O–H groups in total. The lowest BCUT2D eigenvalue weighted by Gasteiger charge is -2.26. The van der Waals surface area contributed by atoms with E-state index in [2.05, 4.69) is 31.2 Å². The molecule has 1 fully saturated rings. The molecular weight excluding hydrogens is 328 g/mol. The number of benzene rings is 1. The number of carbonyl (C=O) groups excluding carboxylic acids is 2. The molecule has 1 aromatic heterocycles. The predicted octanol–water partition coefficient (Wildman–Crippen LogP) is 2.31. The second kappa shape index (κ2) is 7.32. The Balaban J connectivity index is 1.56. The van der Waals surface area contributed by atoms with Crippen molar-refractivity contribution in [3.05, 3.63) is 53.9 Å². The van der Waals surface area contributed by atoms with E-state index >= 15 is 0 Å². The van der Waals surface area contributed by atoms with E-state index in [1.807, 2.05) is 35.2 Å². The van der Waals surface area contributed by atoms with E-state index in [0.29, 0.717) is 31.6 Å².